The van der Waals surface area contributed by atoms with Crippen molar-refractivity contribution in [3.63, 3.8) is 0 Å². The van der Waals surface area contributed by atoms with Crippen molar-refractivity contribution in [3.8, 4) is 0 Å². The monoisotopic (exact) mass is 520 g/mol. The first-order chi connectivity index (χ1) is 14.6. The molecule has 3 aromatic carbocycles. The zero-order valence-electron chi connectivity index (χ0n) is 17.1. The Bertz CT molecular complexity index is 1160. The number of aryl methyl sites for hydroxylation is 2. The van der Waals surface area contributed by atoms with Crippen LogP contribution in [0.25, 0.3) is 0 Å². The maximum atomic E-state index is 13.3. The van der Waals surface area contributed by atoms with Gasteiger partial charge in [0.05, 0.1) is 11.4 Å². The summed E-state index contributed by atoms with van der Waals surface area (Å²) in [7, 11) is -3.93. The third-order valence-electron chi connectivity index (χ3n) is 4.55. The quantitative estimate of drug-likeness (QED) is 0.443. The van der Waals surface area contributed by atoms with Crippen LogP contribution in [0, 0.1) is 13.8 Å². The molecule has 0 bridgehead atoms. The van der Waals surface area contributed by atoms with E-state index >= 15 is 0 Å². The maximum Gasteiger partial charge on any atom is 0.243 e. The van der Waals surface area contributed by atoms with E-state index in [1.54, 1.807) is 0 Å². The summed E-state index contributed by atoms with van der Waals surface area (Å²) in [5.74, 6) is -0.417. The van der Waals surface area contributed by atoms with Gasteiger partial charge in [0.15, 0.2) is 0 Å². The molecule has 0 spiro atoms. The van der Waals surface area contributed by atoms with E-state index in [0.717, 1.165) is 25.5 Å². The predicted molar refractivity (Wildman–Crippen MR) is 128 cm³/mol. The number of hydrogen-bond acceptors (Lipinski definition) is 3. The van der Waals surface area contributed by atoms with Crippen LogP contribution in [0.15, 0.2) is 76.1 Å². The molecule has 162 valence electrons. The highest BCUT2D eigenvalue weighted by molar-refractivity contribution is 9.10. The Hall–Kier alpha value is -2.19. The fraction of sp³-hybridized carbons (Fsp3) is 0.174. The maximum absolute atomic E-state index is 13.3. The second-order valence-corrected chi connectivity index (χ2v) is 10.6. The molecular formula is C23H22BrClN2O3S. The van der Waals surface area contributed by atoms with Crippen molar-refractivity contribution < 1.29 is 13.2 Å². The van der Waals surface area contributed by atoms with Crippen LogP contribution in [0.2, 0.25) is 5.02 Å². The van der Waals surface area contributed by atoms with Crippen LogP contribution < -0.4 is 5.32 Å². The summed E-state index contributed by atoms with van der Waals surface area (Å²) in [6.07, 6.45) is 0. The van der Waals surface area contributed by atoms with Crippen LogP contribution in [-0.4, -0.2) is 25.2 Å². The van der Waals surface area contributed by atoms with Crippen LogP contribution in [0.5, 0.6) is 0 Å². The molecule has 31 heavy (non-hydrogen) atoms. The largest absolute Gasteiger partial charge is 0.325 e. The van der Waals surface area contributed by atoms with Gasteiger partial charge in [-0.2, -0.15) is 4.31 Å². The standard InChI is InChI=1S/C23H22BrClN2O3S/c1-16-11-17(2)13-21(12-16)26-23(28)15-27(14-18-3-5-19(24)6-4-18)31(29,30)22-9-7-20(25)8-10-22/h3-13H,14-15H2,1-2H3,(H,26,28). The minimum atomic E-state index is -3.93. The van der Waals surface area contributed by atoms with Gasteiger partial charge in [0.25, 0.3) is 0 Å². The Morgan fingerprint density at radius 1 is 0.968 bits per heavy atom. The molecule has 0 unspecified atom stereocenters. The first kappa shape index (κ1) is 23.5. The molecule has 0 fully saturated rings. The minimum absolute atomic E-state index is 0.0541. The SMILES string of the molecule is Cc1cc(C)cc(NC(=O)CN(Cc2ccc(Br)cc2)S(=O)(=O)c2ccc(Cl)cc2)c1. The molecule has 0 atom stereocenters. The van der Waals surface area contributed by atoms with E-state index in [2.05, 4.69) is 21.2 Å². The third kappa shape index (κ3) is 6.40. The number of halogens is 2. The minimum Gasteiger partial charge on any atom is -0.325 e. The van der Waals surface area contributed by atoms with Gasteiger partial charge in [-0.25, -0.2) is 8.42 Å². The van der Waals surface area contributed by atoms with E-state index < -0.39 is 15.9 Å². The number of anilines is 1. The molecule has 1 amide bonds. The van der Waals surface area contributed by atoms with Gasteiger partial charge >= 0.3 is 0 Å². The van der Waals surface area contributed by atoms with Gasteiger partial charge in [0.2, 0.25) is 15.9 Å². The smallest absolute Gasteiger partial charge is 0.243 e. The van der Waals surface area contributed by atoms with Crippen LogP contribution in [-0.2, 0) is 21.4 Å². The van der Waals surface area contributed by atoms with Crippen molar-refractivity contribution in [3.05, 3.63) is 92.9 Å². The molecule has 0 heterocycles. The summed E-state index contributed by atoms with van der Waals surface area (Å²) in [5, 5.41) is 3.24. The number of nitrogens with one attached hydrogen (secondary N) is 1. The van der Waals surface area contributed by atoms with Crippen molar-refractivity contribution >= 4 is 49.1 Å². The van der Waals surface area contributed by atoms with Crippen LogP contribution in [0.4, 0.5) is 5.69 Å². The topological polar surface area (TPSA) is 66.5 Å². The second kappa shape index (κ2) is 9.96. The van der Waals surface area contributed by atoms with E-state index in [4.69, 9.17) is 11.6 Å². The molecular weight excluding hydrogens is 500 g/mol. The lowest BCUT2D eigenvalue weighted by molar-refractivity contribution is -0.116. The Kier molecular flexibility index (Phi) is 7.54. The Morgan fingerprint density at radius 3 is 2.13 bits per heavy atom. The van der Waals surface area contributed by atoms with Crippen molar-refractivity contribution in [2.75, 3.05) is 11.9 Å². The van der Waals surface area contributed by atoms with Gasteiger partial charge < -0.3 is 5.32 Å². The number of carbonyl (C=O) groups is 1. The lowest BCUT2D eigenvalue weighted by atomic mass is 10.1. The van der Waals surface area contributed by atoms with Crippen LogP contribution in [0.3, 0.4) is 0 Å². The first-order valence-corrected chi connectivity index (χ1v) is 12.1. The van der Waals surface area contributed by atoms with Gasteiger partial charge in [-0.15, -0.1) is 0 Å². The number of nitrogens with zero attached hydrogens (tertiary/aromatic N) is 1. The van der Waals surface area contributed by atoms with E-state index in [0.29, 0.717) is 10.7 Å². The average molecular weight is 522 g/mol. The van der Waals surface area contributed by atoms with Gasteiger partial charge in [-0.3, -0.25) is 4.79 Å². The van der Waals surface area contributed by atoms with Gasteiger partial charge in [-0.05, 0) is 79.1 Å². The summed E-state index contributed by atoms with van der Waals surface area (Å²) in [4.78, 5) is 12.9. The first-order valence-electron chi connectivity index (χ1n) is 9.52. The van der Waals surface area contributed by atoms with Crippen molar-refractivity contribution in [1.29, 1.82) is 0 Å². The summed E-state index contributed by atoms with van der Waals surface area (Å²) in [5.41, 5.74) is 3.42. The number of sulfonamides is 1. The van der Waals surface area contributed by atoms with Gasteiger partial charge in [0, 0.05) is 21.7 Å². The van der Waals surface area contributed by atoms with Gasteiger partial charge in [0.1, 0.15) is 0 Å². The highest BCUT2D eigenvalue weighted by Crippen LogP contribution is 2.22. The second-order valence-electron chi connectivity index (χ2n) is 7.28. The number of benzene rings is 3. The van der Waals surface area contributed by atoms with Gasteiger partial charge in [-0.1, -0.05) is 45.7 Å². The zero-order chi connectivity index (χ0) is 22.6. The third-order valence-corrected chi connectivity index (χ3v) is 7.14. The molecule has 0 radical (unpaired) electrons. The summed E-state index contributed by atoms with van der Waals surface area (Å²) in [6.45, 7) is 3.60. The Morgan fingerprint density at radius 2 is 1.55 bits per heavy atom. The highest BCUT2D eigenvalue weighted by atomic mass is 79.9. The fourth-order valence-corrected chi connectivity index (χ4v) is 4.96. The lowest BCUT2D eigenvalue weighted by Gasteiger charge is -2.22. The van der Waals surface area contributed by atoms with Crippen LogP contribution >= 0.6 is 27.5 Å². The molecule has 5 nitrogen and oxygen atoms in total. The molecule has 0 aliphatic carbocycles. The summed E-state index contributed by atoms with van der Waals surface area (Å²) < 4.78 is 28.7. The van der Waals surface area contributed by atoms with E-state index in [1.165, 1.54) is 24.3 Å². The molecule has 3 rings (SSSR count). The van der Waals surface area contributed by atoms with E-state index in [-0.39, 0.29) is 18.0 Å². The molecule has 0 aliphatic heterocycles. The van der Waals surface area contributed by atoms with Crippen LogP contribution in [0.1, 0.15) is 16.7 Å². The summed E-state index contributed by atoms with van der Waals surface area (Å²) >= 11 is 9.28. The number of amides is 1. The Labute approximate surface area is 196 Å². The molecule has 0 aliphatic rings. The number of carbonyl (C=O) groups excluding carboxylic acids is 1. The summed E-state index contributed by atoms with van der Waals surface area (Å²) in [6, 6.07) is 18.9. The molecule has 8 heteroatoms. The average Bonchev–Trinajstić information content (AvgIpc) is 2.68. The van der Waals surface area contributed by atoms with Crippen molar-refractivity contribution in [2.45, 2.75) is 25.3 Å². The predicted octanol–water partition coefficient (Wildman–Crippen LogP) is 5.55. The highest BCUT2D eigenvalue weighted by Gasteiger charge is 2.27. The molecule has 1 N–H and O–H groups in total. The molecule has 0 saturated carbocycles. The van der Waals surface area contributed by atoms with E-state index in [1.807, 2.05) is 56.3 Å². The Balaban J connectivity index is 1.88. The molecule has 0 aromatic heterocycles. The number of rotatable bonds is 7. The fourth-order valence-electron chi connectivity index (χ4n) is 3.18. The lowest BCUT2D eigenvalue weighted by Crippen LogP contribution is -2.37. The molecule has 0 saturated heterocycles. The van der Waals surface area contributed by atoms with Crippen molar-refractivity contribution in [2.24, 2.45) is 0 Å². The van der Waals surface area contributed by atoms with Crippen molar-refractivity contribution in [1.82, 2.24) is 4.31 Å². The van der Waals surface area contributed by atoms with E-state index in [9.17, 15) is 13.2 Å². The normalized spacial score (nSPS) is 11.5. The number of hydrogen-bond donors (Lipinski definition) is 1. The molecule has 3 aromatic rings. The zero-order valence-corrected chi connectivity index (χ0v) is 20.3.